The fraction of sp³-hybridized carbons (Fsp3) is 1.00. The van der Waals surface area contributed by atoms with Crippen LogP contribution in [0, 0.1) is 0 Å². The van der Waals surface area contributed by atoms with Gasteiger partial charge in [0.05, 0.1) is 6.67 Å². The first-order valence-electron chi connectivity index (χ1n) is 2.52. The van der Waals surface area contributed by atoms with E-state index in [-0.39, 0.29) is 0 Å². The minimum atomic E-state index is -1.15. The van der Waals surface area contributed by atoms with Gasteiger partial charge in [0, 0.05) is 0 Å². The van der Waals surface area contributed by atoms with Gasteiger partial charge in [0.2, 0.25) is 0 Å². The highest BCUT2D eigenvalue weighted by Crippen LogP contribution is 2.05. The van der Waals surface area contributed by atoms with Crippen LogP contribution in [0.15, 0.2) is 0 Å². The summed E-state index contributed by atoms with van der Waals surface area (Å²) < 4.78 is 0. The smallest absolute Gasteiger partial charge is 0.153 e. The molecule has 0 saturated carbocycles. The van der Waals surface area contributed by atoms with Crippen molar-refractivity contribution in [3.05, 3.63) is 0 Å². The second-order valence-electron chi connectivity index (χ2n) is 2.11. The summed E-state index contributed by atoms with van der Waals surface area (Å²) in [6.45, 7) is 1.96. The van der Waals surface area contributed by atoms with Crippen LogP contribution in [0.25, 0.3) is 0 Å². The van der Waals surface area contributed by atoms with Gasteiger partial charge < -0.3 is 10.2 Å². The van der Waals surface area contributed by atoms with Crippen molar-refractivity contribution in [2.75, 3.05) is 6.67 Å². The molecule has 1 aliphatic heterocycles. The van der Waals surface area contributed by atoms with E-state index in [1.807, 2.05) is 0 Å². The van der Waals surface area contributed by atoms with Crippen molar-refractivity contribution in [3.8, 4) is 0 Å². The second kappa shape index (κ2) is 1.66. The van der Waals surface area contributed by atoms with Gasteiger partial charge in [-0.05, 0) is 6.92 Å². The lowest BCUT2D eigenvalue weighted by molar-refractivity contribution is -0.0609. The molecule has 4 heteroatoms. The normalized spacial score (nSPS) is 47.6. The van der Waals surface area contributed by atoms with E-state index in [0.29, 0.717) is 6.67 Å². The standard InChI is InChI=1S/C4H10N2O2/c1-4(8)3(7)5-2-6-4/h3,5-8H,2H2,1H3. The van der Waals surface area contributed by atoms with Gasteiger partial charge in [-0.1, -0.05) is 0 Å². The van der Waals surface area contributed by atoms with Crippen LogP contribution in [0.4, 0.5) is 0 Å². The first-order valence-corrected chi connectivity index (χ1v) is 2.52. The molecule has 2 unspecified atom stereocenters. The fourth-order valence-electron chi connectivity index (χ4n) is 0.622. The zero-order valence-corrected chi connectivity index (χ0v) is 4.68. The molecule has 1 rings (SSSR count). The van der Waals surface area contributed by atoms with Gasteiger partial charge in [0.15, 0.2) is 5.72 Å². The SMILES string of the molecule is CC1(O)NCNC1O. The molecular formula is C4H10N2O2. The Labute approximate surface area is 47.5 Å². The van der Waals surface area contributed by atoms with Gasteiger partial charge in [-0.15, -0.1) is 0 Å². The van der Waals surface area contributed by atoms with E-state index in [1.54, 1.807) is 0 Å². The van der Waals surface area contributed by atoms with Crippen molar-refractivity contribution in [2.45, 2.75) is 18.9 Å². The summed E-state index contributed by atoms with van der Waals surface area (Å²) in [5.74, 6) is 0. The first-order chi connectivity index (χ1) is 3.63. The van der Waals surface area contributed by atoms with Crippen molar-refractivity contribution in [2.24, 2.45) is 0 Å². The van der Waals surface area contributed by atoms with Crippen molar-refractivity contribution in [1.29, 1.82) is 0 Å². The Bertz CT molecular complexity index is 94.0. The van der Waals surface area contributed by atoms with Crippen molar-refractivity contribution < 1.29 is 10.2 Å². The molecule has 0 aromatic carbocycles. The second-order valence-corrected chi connectivity index (χ2v) is 2.11. The summed E-state index contributed by atoms with van der Waals surface area (Å²) in [7, 11) is 0. The molecule has 4 N–H and O–H groups in total. The molecule has 0 bridgehead atoms. The third kappa shape index (κ3) is 0.830. The van der Waals surface area contributed by atoms with Crippen molar-refractivity contribution in [3.63, 3.8) is 0 Å². The first kappa shape index (κ1) is 5.97. The van der Waals surface area contributed by atoms with Gasteiger partial charge in [-0.3, -0.25) is 10.6 Å². The minimum absolute atomic E-state index is 0.453. The van der Waals surface area contributed by atoms with Crippen LogP contribution in [-0.4, -0.2) is 28.8 Å². The number of rotatable bonds is 0. The molecule has 0 aliphatic carbocycles. The average molecular weight is 118 g/mol. The molecule has 0 radical (unpaired) electrons. The van der Waals surface area contributed by atoms with E-state index in [1.165, 1.54) is 6.92 Å². The Balaban J connectivity index is 2.54. The predicted octanol–water partition coefficient (Wildman–Crippen LogP) is -1.84. The molecule has 1 aliphatic rings. The van der Waals surface area contributed by atoms with E-state index in [0.717, 1.165) is 0 Å². The number of hydrogen-bond acceptors (Lipinski definition) is 4. The highest BCUT2D eigenvalue weighted by molar-refractivity contribution is 4.82. The maximum atomic E-state index is 9.04. The number of aliphatic hydroxyl groups excluding tert-OH is 1. The van der Waals surface area contributed by atoms with Crippen LogP contribution >= 0.6 is 0 Å². The zero-order chi connectivity index (χ0) is 6.20. The Morgan fingerprint density at radius 1 is 1.75 bits per heavy atom. The maximum absolute atomic E-state index is 9.04. The monoisotopic (exact) mass is 118 g/mol. The molecule has 48 valence electrons. The molecule has 1 heterocycles. The van der Waals surface area contributed by atoms with E-state index >= 15 is 0 Å². The van der Waals surface area contributed by atoms with Gasteiger partial charge in [-0.2, -0.15) is 0 Å². The summed E-state index contributed by atoms with van der Waals surface area (Å²) >= 11 is 0. The summed E-state index contributed by atoms with van der Waals surface area (Å²) in [5, 5.41) is 23.1. The van der Waals surface area contributed by atoms with E-state index in [9.17, 15) is 0 Å². The summed E-state index contributed by atoms with van der Waals surface area (Å²) in [6, 6.07) is 0. The molecule has 8 heavy (non-hydrogen) atoms. The lowest BCUT2D eigenvalue weighted by Gasteiger charge is -2.19. The highest BCUT2D eigenvalue weighted by atomic mass is 16.4. The van der Waals surface area contributed by atoms with E-state index in [4.69, 9.17) is 10.2 Å². The third-order valence-corrected chi connectivity index (χ3v) is 1.27. The average Bonchev–Trinajstić information content (AvgIpc) is 1.86. The van der Waals surface area contributed by atoms with Crippen molar-refractivity contribution >= 4 is 0 Å². The largest absolute Gasteiger partial charge is 0.374 e. The van der Waals surface area contributed by atoms with Gasteiger partial charge in [0.25, 0.3) is 0 Å². The number of hydrogen-bond donors (Lipinski definition) is 4. The van der Waals surface area contributed by atoms with Gasteiger partial charge in [0.1, 0.15) is 6.23 Å². The van der Waals surface area contributed by atoms with Crippen LogP contribution in [-0.2, 0) is 0 Å². The molecule has 0 spiro atoms. The molecule has 4 nitrogen and oxygen atoms in total. The molecule has 0 aromatic heterocycles. The Kier molecular flexibility index (Phi) is 1.24. The lowest BCUT2D eigenvalue weighted by atomic mass is 10.2. The Hall–Kier alpha value is -0.160. The molecule has 0 amide bonds. The fourth-order valence-corrected chi connectivity index (χ4v) is 0.622. The van der Waals surface area contributed by atoms with Gasteiger partial charge >= 0.3 is 0 Å². The minimum Gasteiger partial charge on any atom is -0.374 e. The lowest BCUT2D eigenvalue weighted by Crippen LogP contribution is -2.46. The number of nitrogens with one attached hydrogen (secondary N) is 2. The topological polar surface area (TPSA) is 64.5 Å². The van der Waals surface area contributed by atoms with Crippen LogP contribution < -0.4 is 10.6 Å². The third-order valence-electron chi connectivity index (χ3n) is 1.27. The van der Waals surface area contributed by atoms with Crippen LogP contribution in [0.2, 0.25) is 0 Å². The molecule has 2 atom stereocenters. The Morgan fingerprint density at radius 2 is 2.38 bits per heavy atom. The van der Waals surface area contributed by atoms with Crippen molar-refractivity contribution in [1.82, 2.24) is 10.6 Å². The quantitative estimate of drug-likeness (QED) is 0.302. The summed E-state index contributed by atoms with van der Waals surface area (Å²) in [4.78, 5) is 0. The highest BCUT2D eigenvalue weighted by Gasteiger charge is 2.34. The molecule has 1 saturated heterocycles. The summed E-state index contributed by atoms with van der Waals surface area (Å²) in [6.07, 6.45) is -0.845. The molecule has 1 fully saturated rings. The Morgan fingerprint density at radius 3 is 2.50 bits per heavy atom. The van der Waals surface area contributed by atoms with E-state index in [2.05, 4.69) is 10.6 Å². The molecule has 0 aromatic rings. The van der Waals surface area contributed by atoms with Crippen LogP contribution in [0.1, 0.15) is 6.92 Å². The number of aliphatic hydroxyl groups is 2. The van der Waals surface area contributed by atoms with Gasteiger partial charge in [-0.25, -0.2) is 0 Å². The van der Waals surface area contributed by atoms with E-state index < -0.39 is 12.0 Å². The molecular weight excluding hydrogens is 108 g/mol. The zero-order valence-electron chi connectivity index (χ0n) is 4.68. The summed E-state index contributed by atoms with van der Waals surface area (Å²) in [5.41, 5.74) is -1.15. The maximum Gasteiger partial charge on any atom is 0.153 e. The predicted molar refractivity (Wildman–Crippen MR) is 27.8 cm³/mol. The van der Waals surface area contributed by atoms with Crippen LogP contribution in [0.5, 0.6) is 0 Å². The van der Waals surface area contributed by atoms with Crippen LogP contribution in [0.3, 0.4) is 0 Å².